The summed E-state index contributed by atoms with van der Waals surface area (Å²) in [6.45, 7) is 5.95. The van der Waals surface area contributed by atoms with E-state index in [0.717, 1.165) is 0 Å². The molecule has 1 aromatic heterocycles. The van der Waals surface area contributed by atoms with Gasteiger partial charge in [0.2, 0.25) is 0 Å². The molecule has 1 atom stereocenters. The summed E-state index contributed by atoms with van der Waals surface area (Å²) >= 11 is 0. The maximum Gasteiger partial charge on any atom is 0.280 e. The average Bonchev–Trinajstić information content (AvgIpc) is 2.58. The molecular weight excluding hydrogens is 360 g/mol. The first-order valence-electron chi connectivity index (χ1n) is 8.67. The lowest BCUT2D eigenvalue weighted by Gasteiger charge is -2.27. The zero-order valence-corrected chi connectivity index (χ0v) is 15.6. The van der Waals surface area contributed by atoms with Crippen molar-refractivity contribution in [2.24, 2.45) is 11.7 Å². The van der Waals surface area contributed by atoms with Crippen molar-refractivity contribution in [1.82, 2.24) is 4.98 Å². The smallest absolute Gasteiger partial charge is 0.280 e. The summed E-state index contributed by atoms with van der Waals surface area (Å²) < 4.78 is 58.3. The van der Waals surface area contributed by atoms with Crippen molar-refractivity contribution in [3.8, 4) is 16.9 Å². The minimum absolute atomic E-state index is 0.0392. The SMILES string of the molecule is CC(C)C[C@](C)(N)COc1ccc(-c2ccnc(C(F)F)c2)cc1C(F)F. The number of rotatable bonds is 8. The molecule has 7 heteroatoms. The third-order valence-corrected chi connectivity index (χ3v) is 4.01. The van der Waals surface area contributed by atoms with Gasteiger partial charge in [0.15, 0.2) is 0 Å². The van der Waals surface area contributed by atoms with Gasteiger partial charge < -0.3 is 10.5 Å². The van der Waals surface area contributed by atoms with E-state index in [1.807, 2.05) is 20.8 Å². The van der Waals surface area contributed by atoms with Crippen LogP contribution < -0.4 is 10.5 Å². The van der Waals surface area contributed by atoms with E-state index < -0.39 is 24.1 Å². The number of nitrogens with two attached hydrogens (primary N) is 1. The molecule has 0 spiro atoms. The van der Waals surface area contributed by atoms with Crippen molar-refractivity contribution in [2.75, 3.05) is 6.61 Å². The Labute approximate surface area is 156 Å². The average molecular weight is 384 g/mol. The van der Waals surface area contributed by atoms with Crippen LogP contribution in [0.3, 0.4) is 0 Å². The molecule has 0 aliphatic heterocycles. The number of hydrogen-bond acceptors (Lipinski definition) is 3. The van der Waals surface area contributed by atoms with Gasteiger partial charge in [-0.15, -0.1) is 0 Å². The topological polar surface area (TPSA) is 48.1 Å². The third-order valence-electron chi connectivity index (χ3n) is 4.01. The van der Waals surface area contributed by atoms with Crippen molar-refractivity contribution in [2.45, 2.75) is 45.6 Å². The standard InChI is InChI=1S/C20H24F4N2O/c1-12(2)10-20(3,25)11-27-17-5-4-13(8-15(17)18(21)22)14-6-7-26-16(9-14)19(23)24/h4-9,12,18-19H,10-11,25H2,1-3H3/t20-/m0/s1. The Bertz CT molecular complexity index is 763. The molecule has 0 saturated carbocycles. The Balaban J connectivity index is 2.28. The lowest BCUT2D eigenvalue weighted by atomic mass is 9.93. The number of pyridine rings is 1. The molecule has 0 aliphatic rings. The Kier molecular flexibility index (Phi) is 6.81. The van der Waals surface area contributed by atoms with E-state index in [-0.39, 0.29) is 17.9 Å². The number of nitrogens with zero attached hydrogens (tertiary/aromatic N) is 1. The second-order valence-corrected chi connectivity index (χ2v) is 7.36. The van der Waals surface area contributed by atoms with Crippen molar-refractivity contribution in [3.05, 3.63) is 47.8 Å². The van der Waals surface area contributed by atoms with Crippen LogP contribution >= 0.6 is 0 Å². The van der Waals surface area contributed by atoms with Crippen LogP contribution in [0.4, 0.5) is 17.6 Å². The normalized spacial score (nSPS) is 14.0. The summed E-state index contributed by atoms with van der Waals surface area (Å²) in [4.78, 5) is 3.58. The number of hydrogen-bond donors (Lipinski definition) is 1. The predicted molar refractivity (Wildman–Crippen MR) is 97.1 cm³/mol. The molecule has 27 heavy (non-hydrogen) atoms. The Morgan fingerprint density at radius 2 is 1.70 bits per heavy atom. The maximum atomic E-state index is 13.5. The van der Waals surface area contributed by atoms with Gasteiger partial charge in [-0.3, -0.25) is 4.98 Å². The van der Waals surface area contributed by atoms with Crippen LogP contribution in [0, 0.1) is 5.92 Å². The third kappa shape index (κ3) is 5.92. The first-order chi connectivity index (χ1) is 12.6. The van der Waals surface area contributed by atoms with E-state index in [1.165, 1.54) is 30.5 Å². The molecule has 2 rings (SSSR count). The van der Waals surface area contributed by atoms with Gasteiger partial charge in [0.1, 0.15) is 18.1 Å². The highest BCUT2D eigenvalue weighted by atomic mass is 19.3. The van der Waals surface area contributed by atoms with Crippen LogP contribution in [0.15, 0.2) is 36.5 Å². The molecule has 0 saturated heterocycles. The fourth-order valence-corrected chi connectivity index (χ4v) is 3.01. The molecule has 2 N–H and O–H groups in total. The van der Waals surface area contributed by atoms with E-state index in [0.29, 0.717) is 23.5 Å². The van der Waals surface area contributed by atoms with Crippen LogP contribution in [-0.4, -0.2) is 17.1 Å². The van der Waals surface area contributed by atoms with Gasteiger partial charge in [-0.1, -0.05) is 19.9 Å². The first kappa shape index (κ1) is 21.2. The van der Waals surface area contributed by atoms with Crippen LogP contribution in [-0.2, 0) is 0 Å². The van der Waals surface area contributed by atoms with Gasteiger partial charge in [0.25, 0.3) is 12.9 Å². The van der Waals surface area contributed by atoms with E-state index in [4.69, 9.17) is 10.5 Å². The summed E-state index contributed by atoms with van der Waals surface area (Å²) in [6, 6.07) is 6.92. The van der Waals surface area contributed by atoms with Crippen molar-refractivity contribution >= 4 is 0 Å². The summed E-state index contributed by atoms with van der Waals surface area (Å²) in [6.07, 6.45) is -3.59. The second kappa shape index (κ2) is 8.69. The molecule has 0 radical (unpaired) electrons. The van der Waals surface area contributed by atoms with Gasteiger partial charge in [-0.25, -0.2) is 17.6 Å². The van der Waals surface area contributed by atoms with Crippen molar-refractivity contribution < 1.29 is 22.3 Å². The molecule has 148 valence electrons. The van der Waals surface area contributed by atoms with Crippen molar-refractivity contribution in [1.29, 1.82) is 0 Å². The zero-order chi connectivity index (χ0) is 20.2. The summed E-state index contributed by atoms with van der Waals surface area (Å²) in [5.74, 6) is 0.383. The van der Waals surface area contributed by atoms with Crippen LogP contribution in [0.2, 0.25) is 0 Å². The van der Waals surface area contributed by atoms with Gasteiger partial charge >= 0.3 is 0 Å². The number of benzene rings is 1. The van der Waals surface area contributed by atoms with Gasteiger partial charge in [-0.2, -0.15) is 0 Å². The summed E-state index contributed by atoms with van der Waals surface area (Å²) in [7, 11) is 0. The first-order valence-corrected chi connectivity index (χ1v) is 8.67. The maximum absolute atomic E-state index is 13.5. The molecule has 1 aromatic carbocycles. The van der Waals surface area contributed by atoms with E-state index >= 15 is 0 Å². The minimum atomic E-state index is -2.77. The highest BCUT2D eigenvalue weighted by molar-refractivity contribution is 5.66. The van der Waals surface area contributed by atoms with Crippen molar-refractivity contribution in [3.63, 3.8) is 0 Å². The Hall–Kier alpha value is -2.15. The molecule has 0 aliphatic carbocycles. The molecule has 2 aromatic rings. The monoisotopic (exact) mass is 384 g/mol. The number of alkyl halides is 4. The summed E-state index contributed by atoms with van der Waals surface area (Å²) in [5.41, 5.74) is 5.59. The van der Waals surface area contributed by atoms with Crippen LogP contribution in [0.25, 0.3) is 11.1 Å². The number of halogens is 4. The fraction of sp³-hybridized carbons (Fsp3) is 0.450. The summed E-state index contributed by atoms with van der Waals surface area (Å²) in [5, 5.41) is 0. The molecule has 3 nitrogen and oxygen atoms in total. The second-order valence-electron chi connectivity index (χ2n) is 7.36. The fourth-order valence-electron chi connectivity index (χ4n) is 3.01. The van der Waals surface area contributed by atoms with Gasteiger partial charge in [0.05, 0.1) is 5.56 Å². The van der Waals surface area contributed by atoms with Crippen LogP contribution in [0.1, 0.15) is 51.3 Å². The largest absolute Gasteiger partial charge is 0.491 e. The van der Waals surface area contributed by atoms with E-state index in [9.17, 15) is 17.6 Å². The number of ether oxygens (including phenoxy) is 1. The number of aromatic nitrogens is 1. The quantitative estimate of drug-likeness (QED) is 0.588. The molecular formula is C20H24F4N2O. The Morgan fingerprint density at radius 1 is 1.04 bits per heavy atom. The molecule has 0 bridgehead atoms. The molecule has 0 fully saturated rings. The predicted octanol–water partition coefficient (Wildman–Crippen LogP) is 5.77. The molecule has 0 unspecified atom stereocenters. The highest BCUT2D eigenvalue weighted by Crippen LogP contribution is 2.34. The Morgan fingerprint density at radius 3 is 2.30 bits per heavy atom. The van der Waals surface area contributed by atoms with E-state index in [1.54, 1.807) is 6.07 Å². The lowest BCUT2D eigenvalue weighted by Crippen LogP contribution is -2.43. The van der Waals surface area contributed by atoms with E-state index in [2.05, 4.69) is 4.98 Å². The molecule has 0 amide bonds. The highest BCUT2D eigenvalue weighted by Gasteiger charge is 2.23. The zero-order valence-electron chi connectivity index (χ0n) is 15.6. The van der Waals surface area contributed by atoms with Crippen LogP contribution in [0.5, 0.6) is 5.75 Å². The minimum Gasteiger partial charge on any atom is -0.491 e. The van der Waals surface area contributed by atoms with Gasteiger partial charge in [-0.05, 0) is 54.7 Å². The lowest BCUT2D eigenvalue weighted by molar-refractivity contribution is 0.140. The van der Waals surface area contributed by atoms with Gasteiger partial charge in [0, 0.05) is 11.7 Å². The molecule has 1 heterocycles.